The zero-order valence-electron chi connectivity index (χ0n) is 13.6. The van der Waals surface area contributed by atoms with Gasteiger partial charge in [-0.1, -0.05) is 23.7 Å². The van der Waals surface area contributed by atoms with Crippen molar-refractivity contribution >= 4 is 22.5 Å². The molecule has 1 aromatic carbocycles. The molecule has 1 aliphatic heterocycles. The summed E-state index contributed by atoms with van der Waals surface area (Å²) in [5.41, 5.74) is 10.4. The topological polar surface area (TPSA) is 101 Å². The molecule has 2 aromatic heterocycles. The minimum atomic E-state index is -0.474. The maximum absolute atomic E-state index is 9.63. The Morgan fingerprint density at radius 3 is 2.88 bits per heavy atom. The molecule has 6 nitrogen and oxygen atoms in total. The van der Waals surface area contributed by atoms with Crippen LogP contribution in [-0.2, 0) is 0 Å². The molecular formula is C18H14ClN5O. The molecule has 0 bridgehead atoms. The van der Waals surface area contributed by atoms with Crippen LogP contribution in [0.1, 0.15) is 28.3 Å². The predicted octanol–water partition coefficient (Wildman–Crippen LogP) is 3.45. The third-order valence-electron chi connectivity index (χ3n) is 4.39. The van der Waals surface area contributed by atoms with Crippen LogP contribution in [0.4, 0.5) is 0 Å². The molecule has 0 saturated heterocycles. The van der Waals surface area contributed by atoms with Crippen LogP contribution >= 0.6 is 11.6 Å². The molecular weight excluding hydrogens is 338 g/mol. The lowest BCUT2D eigenvalue weighted by atomic mass is 9.84. The Balaban J connectivity index is 2.01. The second-order valence-electron chi connectivity index (χ2n) is 6.06. The van der Waals surface area contributed by atoms with Gasteiger partial charge in [-0.15, -0.1) is 5.10 Å². The Morgan fingerprint density at radius 1 is 1.32 bits per heavy atom. The summed E-state index contributed by atoms with van der Waals surface area (Å²) in [7, 11) is 0. The molecule has 124 valence electrons. The van der Waals surface area contributed by atoms with Gasteiger partial charge in [0.15, 0.2) is 0 Å². The minimum absolute atomic E-state index is 0.0339. The second-order valence-corrected chi connectivity index (χ2v) is 6.41. The van der Waals surface area contributed by atoms with E-state index in [9.17, 15) is 5.26 Å². The lowest BCUT2D eigenvalue weighted by Gasteiger charge is -2.24. The van der Waals surface area contributed by atoms with Crippen LogP contribution in [-0.4, -0.2) is 15.2 Å². The molecule has 25 heavy (non-hydrogen) atoms. The molecule has 0 saturated carbocycles. The summed E-state index contributed by atoms with van der Waals surface area (Å²) < 4.78 is 5.48. The normalized spacial score (nSPS) is 16.5. The fourth-order valence-electron chi connectivity index (χ4n) is 3.18. The van der Waals surface area contributed by atoms with Crippen molar-refractivity contribution in [2.75, 3.05) is 0 Å². The molecule has 7 heteroatoms. The van der Waals surface area contributed by atoms with Gasteiger partial charge in [-0.3, -0.25) is 5.10 Å². The van der Waals surface area contributed by atoms with E-state index in [-0.39, 0.29) is 5.88 Å². The maximum atomic E-state index is 9.63. The average molecular weight is 352 g/mol. The highest BCUT2D eigenvalue weighted by Gasteiger charge is 2.35. The van der Waals surface area contributed by atoms with E-state index in [0.717, 1.165) is 27.7 Å². The molecule has 0 unspecified atom stereocenters. The van der Waals surface area contributed by atoms with Crippen molar-refractivity contribution in [3.05, 3.63) is 63.3 Å². The summed E-state index contributed by atoms with van der Waals surface area (Å²) in [5, 5.41) is 17.9. The number of nitrogens with one attached hydrogen (secondary N) is 1. The highest BCUT2D eigenvalue weighted by molar-refractivity contribution is 6.30. The lowest BCUT2D eigenvalue weighted by molar-refractivity contribution is 0.379. The van der Waals surface area contributed by atoms with Gasteiger partial charge in [0.05, 0.1) is 11.4 Å². The highest BCUT2D eigenvalue weighted by atomic mass is 35.5. The molecule has 3 N–H and O–H groups in total. The molecule has 3 heterocycles. The van der Waals surface area contributed by atoms with Crippen molar-refractivity contribution in [3.8, 4) is 11.9 Å². The largest absolute Gasteiger partial charge is 0.420 e. The first-order valence-corrected chi connectivity index (χ1v) is 8.06. The number of H-pyrrole nitrogens is 1. The van der Waals surface area contributed by atoms with Gasteiger partial charge in [0.1, 0.15) is 16.8 Å². The fraction of sp³-hybridized carbons (Fsp3) is 0.167. The summed E-state index contributed by atoms with van der Waals surface area (Å²) in [6, 6.07) is 10.1. The number of aryl methyl sites for hydroxylation is 2. The van der Waals surface area contributed by atoms with E-state index >= 15 is 0 Å². The van der Waals surface area contributed by atoms with Crippen LogP contribution < -0.4 is 10.5 Å². The zero-order chi connectivity index (χ0) is 17.7. The molecule has 0 aliphatic carbocycles. The fourth-order valence-corrected chi connectivity index (χ4v) is 3.44. The SMILES string of the molecule is Cc1ccc2cc([C@@H]3C(C#N)=C(N)Oc4n[nH]c(C)c43)c(Cl)nc2c1. The van der Waals surface area contributed by atoms with Crippen LogP contribution in [0.2, 0.25) is 5.15 Å². The number of halogens is 1. The molecule has 4 rings (SSSR count). The predicted molar refractivity (Wildman–Crippen MR) is 94.1 cm³/mol. The lowest BCUT2D eigenvalue weighted by Crippen LogP contribution is -2.21. The number of benzene rings is 1. The number of allylic oxidation sites excluding steroid dienone is 1. The van der Waals surface area contributed by atoms with Crippen LogP contribution in [0.25, 0.3) is 10.9 Å². The number of fused-ring (bicyclic) bond motifs is 2. The summed E-state index contributed by atoms with van der Waals surface area (Å²) in [4.78, 5) is 4.51. The summed E-state index contributed by atoms with van der Waals surface area (Å²) >= 11 is 6.49. The Labute approximate surface area is 148 Å². The van der Waals surface area contributed by atoms with E-state index in [0.29, 0.717) is 22.2 Å². The number of nitrogens with two attached hydrogens (primary N) is 1. The van der Waals surface area contributed by atoms with Gasteiger partial charge in [-0.2, -0.15) is 5.26 Å². The smallest absolute Gasteiger partial charge is 0.244 e. The zero-order valence-corrected chi connectivity index (χ0v) is 14.3. The molecule has 0 radical (unpaired) electrons. The van der Waals surface area contributed by atoms with Crippen LogP contribution in [0.5, 0.6) is 5.88 Å². The van der Waals surface area contributed by atoms with Crippen molar-refractivity contribution < 1.29 is 4.74 Å². The first-order chi connectivity index (χ1) is 12.0. The van der Waals surface area contributed by atoms with E-state index in [2.05, 4.69) is 21.3 Å². The number of rotatable bonds is 1. The summed E-state index contributed by atoms with van der Waals surface area (Å²) in [5.74, 6) is -0.0798. The summed E-state index contributed by atoms with van der Waals surface area (Å²) in [6.07, 6.45) is 0. The van der Waals surface area contributed by atoms with Crippen molar-refractivity contribution in [3.63, 3.8) is 0 Å². The number of aromatic nitrogens is 3. The molecule has 3 aromatic rings. The minimum Gasteiger partial charge on any atom is -0.420 e. The van der Waals surface area contributed by atoms with Crippen molar-refractivity contribution in [1.29, 1.82) is 5.26 Å². The first-order valence-electron chi connectivity index (χ1n) is 7.69. The Hall–Kier alpha value is -3.04. The van der Waals surface area contributed by atoms with E-state index < -0.39 is 5.92 Å². The van der Waals surface area contributed by atoms with E-state index in [4.69, 9.17) is 22.1 Å². The van der Waals surface area contributed by atoms with Gasteiger partial charge in [-0.05, 0) is 31.5 Å². The molecule has 0 fully saturated rings. The number of aromatic amines is 1. The van der Waals surface area contributed by atoms with E-state index in [1.165, 1.54) is 0 Å². The van der Waals surface area contributed by atoms with Gasteiger partial charge in [0, 0.05) is 22.2 Å². The first kappa shape index (κ1) is 15.5. The number of nitrogens with zero attached hydrogens (tertiary/aromatic N) is 3. The highest BCUT2D eigenvalue weighted by Crippen LogP contribution is 2.44. The van der Waals surface area contributed by atoms with Crippen molar-refractivity contribution in [2.24, 2.45) is 5.73 Å². The Bertz CT molecular complexity index is 1090. The van der Waals surface area contributed by atoms with E-state index in [1.54, 1.807) is 0 Å². The molecule has 0 amide bonds. The third kappa shape index (κ3) is 2.32. The van der Waals surface area contributed by atoms with Gasteiger partial charge in [0.25, 0.3) is 0 Å². The van der Waals surface area contributed by atoms with Gasteiger partial charge in [-0.25, -0.2) is 4.98 Å². The third-order valence-corrected chi connectivity index (χ3v) is 4.70. The molecule has 1 atom stereocenters. The average Bonchev–Trinajstić information content (AvgIpc) is 2.93. The van der Waals surface area contributed by atoms with Gasteiger partial charge in [0.2, 0.25) is 11.8 Å². The standard InChI is InChI=1S/C18H14ClN5O/c1-8-3-4-10-6-11(16(19)22-13(10)5-8)15-12(7-20)17(21)25-18-14(15)9(2)23-24-18/h3-6,15H,21H2,1-2H3,(H,23,24)/t15-/m1/s1. The summed E-state index contributed by atoms with van der Waals surface area (Å²) in [6.45, 7) is 3.87. The Kier molecular flexibility index (Phi) is 3.41. The monoisotopic (exact) mass is 351 g/mol. The van der Waals surface area contributed by atoms with Gasteiger partial charge >= 0.3 is 0 Å². The molecule has 0 spiro atoms. The Morgan fingerprint density at radius 2 is 2.12 bits per heavy atom. The van der Waals surface area contributed by atoms with Crippen molar-refractivity contribution in [2.45, 2.75) is 19.8 Å². The maximum Gasteiger partial charge on any atom is 0.244 e. The molecule has 1 aliphatic rings. The number of nitriles is 1. The van der Waals surface area contributed by atoms with Crippen LogP contribution in [0, 0.1) is 25.2 Å². The van der Waals surface area contributed by atoms with Crippen molar-refractivity contribution in [1.82, 2.24) is 15.2 Å². The second kappa shape index (κ2) is 5.50. The quantitative estimate of drug-likeness (QED) is 0.654. The van der Waals surface area contributed by atoms with Crippen LogP contribution in [0.15, 0.2) is 35.7 Å². The number of ether oxygens (including phenoxy) is 1. The number of hydrogen-bond acceptors (Lipinski definition) is 5. The van der Waals surface area contributed by atoms with Crippen LogP contribution in [0.3, 0.4) is 0 Å². The number of pyridine rings is 1. The number of hydrogen-bond donors (Lipinski definition) is 2. The van der Waals surface area contributed by atoms with Gasteiger partial charge < -0.3 is 10.5 Å². The van der Waals surface area contributed by atoms with E-state index in [1.807, 2.05) is 38.1 Å².